The molecule has 108 valence electrons. The molecule has 1 heterocycles. The van der Waals surface area contributed by atoms with Crippen LogP contribution in [0.3, 0.4) is 0 Å². The van der Waals surface area contributed by atoms with E-state index in [-0.39, 0.29) is 5.43 Å². The van der Waals surface area contributed by atoms with Gasteiger partial charge in [-0.3, -0.25) is 4.79 Å². The third-order valence-electron chi connectivity index (χ3n) is 3.03. The second-order valence-electron chi connectivity index (χ2n) is 4.47. The van der Waals surface area contributed by atoms with Gasteiger partial charge in [0, 0.05) is 35.3 Å². The van der Waals surface area contributed by atoms with Gasteiger partial charge in [-0.25, -0.2) is 4.79 Å². The maximum absolute atomic E-state index is 11.9. The SMILES string of the molecule is COc1ccc(-n2cc(/C=C/C(=O)O)c(=O)cc2C)cc1. The fourth-order valence-corrected chi connectivity index (χ4v) is 1.95. The molecule has 0 aliphatic carbocycles. The highest BCUT2D eigenvalue weighted by Gasteiger charge is 2.04. The highest BCUT2D eigenvalue weighted by Crippen LogP contribution is 2.16. The molecule has 0 bridgehead atoms. The molecular weight excluding hydrogens is 270 g/mol. The number of aromatic nitrogens is 1. The molecule has 0 saturated heterocycles. The Morgan fingerprint density at radius 3 is 2.52 bits per heavy atom. The number of carboxylic acids is 1. The molecule has 0 spiro atoms. The number of carbonyl (C=O) groups is 1. The summed E-state index contributed by atoms with van der Waals surface area (Å²) in [6.07, 6.45) is 3.87. The van der Waals surface area contributed by atoms with Crippen LogP contribution in [0.1, 0.15) is 11.3 Å². The highest BCUT2D eigenvalue weighted by molar-refractivity contribution is 5.85. The number of carboxylic acid groups (broad SMARTS) is 1. The zero-order chi connectivity index (χ0) is 15.4. The third kappa shape index (κ3) is 3.39. The van der Waals surface area contributed by atoms with Crippen LogP contribution < -0.4 is 10.2 Å². The molecule has 0 saturated carbocycles. The third-order valence-corrected chi connectivity index (χ3v) is 3.03. The summed E-state index contributed by atoms with van der Waals surface area (Å²) in [4.78, 5) is 22.4. The van der Waals surface area contributed by atoms with Crippen molar-refractivity contribution in [2.75, 3.05) is 7.11 Å². The van der Waals surface area contributed by atoms with Crippen LogP contribution in [0.25, 0.3) is 11.8 Å². The van der Waals surface area contributed by atoms with Crippen molar-refractivity contribution < 1.29 is 14.6 Å². The average molecular weight is 285 g/mol. The Hall–Kier alpha value is -2.82. The van der Waals surface area contributed by atoms with Crippen LogP contribution in [0.15, 0.2) is 47.4 Å². The summed E-state index contributed by atoms with van der Waals surface area (Å²) in [5, 5.41) is 8.65. The largest absolute Gasteiger partial charge is 0.497 e. The Bertz CT molecular complexity index is 742. The maximum atomic E-state index is 11.9. The number of nitrogens with zero attached hydrogens (tertiary/aromatic N) is 1. The van der Waals surface area contributed by atoms with Crippen molar-refractivity contribution in [3.05, 3.63) is 64.1 Å². The van der Waals surface area contributed by atoms with Gasteiger partial charge >= 0.3 is 5.97 Å². The van der Waals surface area contributed by atoms with Crippen molar-refractivity contribution in [1.82, 2.24) is 4.57 Å². The van der Waals surface area contributed by atoms with Crippen molar-refractivity contribution in [2.24, 2.45) is 0 Å². The fourth-order valence-electron chi connectivity index (χ4n) is 1.95. The number of ether oxygens (including phenoxy) is 1. The van der Waals surface area contributed by atoms with E-state index in [0.717, 1.165) is 23.2 Å². The van der Waals surface area contributed by atoms with Gasteiger partial charge in [0.25, 0.3) is 0 Å². The Labute approximate surface area is 121 Å². The van der Waals surface area contributed by atoms with Crippen LogP contribution in [-0.2, 0) is 4.79 Å². The predicted molar refractivity (Wildman–Crippen MR) is 80.0 cm³/mol. The van der Waals surface area contributed by atoms with E-state index in [1.807, 2.05) is 35.8 Å². The number of aryl methyl sites for hydroxylation is 1. The lowest BCUT2D eigenvalue weighted by atomic mass is 10.2. The molecule has 2 aromatic rings. The summed E-state index contributed by atoms with van der Waals surface area (Å²) in [7, 11) is 1.59. The van der Waals surface area contributed by atoms with Crippen LogP contribution in [-0.4, -0.2) is 22.8 Å². The summed E-state index contributed by atoms with van der Waals surface area (Å²) in [5.74, 6) is -0.352. The van der Waals surface area contributed by atoms with Crippen molar-refractivity contribution in [1.29, 1.82) is 0 Å². The van der Waals surface area contributed by atoms with Gasteiger partial charge in [-0.1, -0.05) is 0 Å². The first-order valence-corrected chi connectivity index (χ1v) is 6.30. The smallest absolute Gasteiger partial charge is 0.328 e. The lowest BCUT2D eigenvalue weighted by molar-refractivity contribution is -0.131. The van der Waals surface area contributed by atoms with E-state index in [0.29, 0.717) is 5.56 Å². The molecule has 0 aliphatic rings. The van der Waals surface area contributed by atoms with Gasteiger partial charge in [-0.05, 0) is 37.3 Å². The molecule has 1 N–H and O–H groups in total. The molecule has 5 nitrogen and oxygen atoms in total. The van der Waals surface area contributed by atoms with Gasteiger partial charge in [0.1, 0.15) is 5.75 Å². The number of rotatable bonds is 4. The molecule has 1 aromatic carbocycles. The standard InChI is InChI=1S/C16H15NO4/c1-11-9-15(18)12(3-8-16(19)20)10-17(11)13-4-6-14(21-2)7-5-13/h3-10H,1-2H3,(H,19,20)/b8-3+. The zero-order valence-electron chi connectivity index (χ0n) is 11.7. The molecule has 0 atom stereocenters. The van der Waals surface area contributed by atoms with E-state index in [9.17, 15) is 9.59 Å². The van der Waals surface area contributed by atoms with E-state index in [1.165, 1.54) is 12.1 Å². The van der Waals surface area contributed by atoms with E-state index in [1.54, 1.807) is 13.3 Å². The van der Waals surface area contributed by atoms with Gasteiger partial charge in [-0.2, -0.15) is 0 Å². The molecule has 21 heavy (non-hydrogen) atoms. The van der Waals surface area contributed by atoms with Crippen LogP contribution in [0.5, 0.6) is 5.75 Å². The van der Waals surface area contributed by atoms with Crippen molar-refractivity contribution in [2.45, 2.75) is 6.92 Å². The lowest BCUT2D eigenvalue weighted by Crippen LogP contribution is -2.11. The molecule has 2 rings (SSSR count). The number of aliphatic carboxylic acids is 1. The number of pyridine rings is 1. The number of benzene rings is 1. The summed E-state index contributed by atoms with van der Waals surface area (Å²) >= 11 is 0. The molecular formula is C16H15NO4. The van der Waals surface area contributed by atoms with E-state index >= 15 is 0 Å². The van der Waals surface area contributed by atoms with E-state index < -0.39 is 5.97 Å². The molecule has 1 aromatic heterocycles. The number of hydrogen-bond donors (Lipinski definition) is 1. The zero-order valence-corrected chi connectivity index (χ0v) is 11.7. The van der Waals surface area contributed by atoms with Crippen molar-refractivity contribution in [3.63, 3.8) is 0 Å². The van der Waals surface area contributed by atoms with E-state index in [4.69, 9.17) is 9.84 Å². The van der Waals surface area contributed by atoms with Gasteiger partial charge in [0.15, 0.2) is 5.43 Å². The Morgan fingerprint density at radius 1 is 1.29 bits per heavy atom. The van der Waals surface area contributed by atoms with Gasteiger partial charge in [0.05, 0.1) is 7.11 Å². The van der Waals surface area contributed by atoms with Gasteiger partial charge in [-0.15, -0.1) is 0 Å². The van der Waals surface area contributed by atoms with E-state index in [2.05, 4.69) is 0 Å². The van der Waals surface area contributed by atoms with Crippen LogP contribution >= 0.6 is 0 Å². The van der Waals surface area contributed by atoms with Gasteiger partial charge < -0.3 is 14.4 Å². The summed E-state index contributed by atoms with van der Waals surface area (Å²) in [5.41, 5.74) is 1.73. The second-order valence-corrected chi connectivity index (χ2v) is 4.47. The van der Waals surface area contributed by atoms with Crippen LogP contribution in [0.4, 0.5) is 0 Å². The highest BCUT2D eigenvalue weighted by atomic mass is 16.5. The fraction of sp³-hybridized carbons (Fsp3) is 0.125. The minimum absolute atomic E-state index is 0.213. The topological polar surface area (TPSA) is 68.5 Å². The van der Waals surface area contributed by atoms with Crippen LogP contribution in [0.2, 0.25) is 0 Å². The second kappa shape index (κ2) is 6.09. The quantitative estimate of drug-likeness (QED) is 0.875. The predicted octanol–water partition coefficient (Wildman–Crippen LogP) is 2.25. The van der Waals surface area contributed by atoms with Crippen molar-refractivity contribution in [3.8, 4) is 11.4 Å². The lowest BCUT2D eigenvalue weighted by Gasteiger charge is -2.12. The van der Waals surface area contributed by atoms with Crippen LogP contribution in [0, 0.1) is 6.92 Å². The summed E-state index contributed by atoms with van der Waals surface area (Å²) in [6, 6.07) is 8.84. The Morgan fingerprint density at radius 2 is 1.95 bits per heavy atom. The minimum atomic E-state index is -1.09. The summed E-state index contributed by atoms with van der Waals surface area (Å²) < 4.78 is 6.93. The Balaban J connectivity index is 2.49. The molecule has 5 heteroatoms. The first kappa shape index (κ1) is 14.6. The minimum Gasteiger partial charge on any atom is -0.497 e. The number of hydrogen-bond acceptors (Lipinski definition) is 3. The molecule has 0 aliphatic heterocycles. The normalized spacial score (nSPS) is 10.8. The average Bonchev–Trinajstić information content (AvgIpc) is 2.46. The first-order chi connectivity index (χ1) is 10.0. The molecule has 0 unspecified atom stereocenters. The molecule has 0 fully saturated rings. The number of methoxy groups -OCH3 is 1. The Kier molecular flexibility index (Phi) is 4.23. The molecule has 0 radical (unpaired) electrons. The maximum Gasteiger partial charge on any atom is 0.328 e. The molecule has 0 amide bonds. The summed E-state index contributed by atoms with van der Waals surface area (Å²) in [6.45, 7) is 1.82. The van der Waals surface area contributed by atoms with Crippen molar-refractivity contribution >= 4 is 12.0 Å². The monoisotopic (exact) mass is 285 g/mol. The first-order valence-electron chi connectivity index (χ1n) is 6.30. The van der Waals surface area contributed by atoms with Gasteiger partial charge in [0.2, 0.25) is 0 Å².